The van der Waals surface area contributed by atoms with Gasteiger partial charge in [-0.1, -0.05) is 30.9 Å². The average Bonchev–Trinajstić information content (AvgIpc) is 2.25. The van der Waals surface area contributed by atoms with Crippen LogP contribution in [0.2, 0.25) is 5.02 Å². The first kappa shape index (κ1) is 12.6. The molecule has 0 heterocycles. The molecule has 17 heavy (non-hydrogen) atoms. The maximum atomic E-state index is 6.12. The van der Waals surface area contributed by atoms with Crippen molar-refractivity contribution >= 4 is 17.3 Å². The summed E-state index contributed by atoms with van der Waals surface area (Å²) in [6, 6.07) is 5.46. The topological polar surface area (TPSA) is 35.2 Å². The number of rotatable bonds is 2. The van der Waals surface area contributed by atoms with Crippen molar-refractivity contribution < 1.29 is 4.74 Å². The molecular formula is C14H20ClNO. The second kappa shape index (κ2) is 6.15. The van der Waals surface area contributed by atoms with Crippen molar-refractivity contribution in [3.8, 4) is 5.75 Å². The predicted octanol–water partition coefficient (Wildman–Crippen LogP) is 4.41. The summed E-state index contributed by atoms with van der Waals surface area (Å²) in [5.74, 6) is 0.770. The number of hydrogen-bond donors (Lipinski definition) is 1. The van der Waals surface area contributed by atoms with Gasteiger partial charge in [0.25, 0.3) is 0 Å². The fraction of sp³-hybridized carbons (Fsp3) is 0.571. The van der Waals surface area contributed by atoms with E-state index in [1.165, 1.54) is 32.1 Å². The number of benzene rings is 1. The van der Waals surface area contributed by atoms with Gasteiger partial charge in [-0.2, -0.15) is 0 Å². The third-order valence-electron chi connectivity index (χ3n) is 3.30. The van der Waals surface area contributed by atoms with Gasteiger partial charge in [0.15, 0.2) is 0 Å². The van der Waals surface area contributed by atoms with E-state index < -0.39 is 0 Å². The van der Waals surface area contributed by atoms with E-state index in [-0.39, 0.29) is 0 Å². The van der Waals surface area contributed by atoms with Crippen LogP contribution < -0.4 is 10.5 Å². The van der Waals surface area contributed by atoms with E-state index in [0.717, 1.165) is 18.6 Å². The lowest BCUT2D eigenvalue weighted by Crippen LogP contribution is -2.18. The highest BCUT2D eigenvalue weighted by Crippen LogP contribution is 2.29. The number of halogens is 1. The van der Waals surface area contributed by atoms with Crippen LogP contribution in [0, 0.1) is 0 Å². The van der Waals surface area contributed by atoms with E-state index in [0.29, 0.717) is 16.8 Å². The van der Waals surface area contributed by atoms with Gasteiger partial charge in [0, 0.05) is 5.69 Å². The van der Waals surface area contributed by atoms with Crippen LogP contribution in [0.5, 0.6) is 5.75 Å². The fourth-order valence-electron chi connectivity index (χ4n) is 2.33. The molecule has 1 fully saturated rings. The number of hydrogen-bond acceptors (Lipinski definition) is 2. The fourth-order valence-corrected chi connectivity index (χ4v) is 2.56. The summed E-state index contributed by atoms with van der Waals surface area (Å²) >= 11 is 6.12. The van der Waals surface area contributed by atoms with Crippen molar-refractivity contribution in [2.24, 2.45) is 0 Å². The number of nitrogens with two attached hydrogens (primary N) is 1. The quantitative estimate of drug-likeness (QED) is 0.792. The molecule has 0 unspecified atom stereocenters. The highest BCUT2D eigenvalue weighted by molar-refractivity contribution is 6.32. The molecular weight excluding hydrogens is 234 g/mol. The summed E-state index contributed by atoms with van der Waals surface area (Å²) in [4.78, 5) is 0. The maximum absolute atomic E-state index is 6.12. The number of anilines is 1. The summed E-state index contributed by atoms with van der Waals surface area (Å²) in [5.41, 5.74) is 6.35. The van der Waals surface area contributed by atoms with Crippen LogP contribution in [0.3, 0.4) is 0 Å². The average molecular weight is 254 g/mol. The van der Waals surface area contributed by atoms with Crippen molar-refractivity contribution in [1.82, 2.24) is 0 Å². The highest BCUT2D eigenvalue weighted by atomic mass is 35.5. The number of ether oxygens (including phenoxy) is 1. The first-order chi connectivity index (χ1) is 8.25. The molecule has 2 rings (SSSR count). The normalized spacial score (nSPS) is 18.4. The zero-order valence-corrected chi connectivity index (χ0v) is 10.9. The van der Waals surface area contributed by atoms with E-state index in [4.69, 9.17) is 22.1 Å². The maximum Gasteiger partial charge on any atom is 0.138 e. The van der Waals surface area contributed by atoms with Crippen LogP contribution in [0.25, 0.3) is 0 Å². The van der Waals surface area contributed by atoms with Gasteiger partial charge >= 0.3 is 0 Å². The minimum atomic E-state index is 0.316. The van der Waals surface area contributed by atoms with Crippen LogP contribution in [0.4, 0.5) is 5.69 Å². The third-order valence-corrected chi connectivity index (χ3v) is 3.60. The molecule has 1 aromatic rings. The Labute approximate surface area is 108 Å². The molecule has 2 nitrogen and oxygen atoms in total. The molecule has 2 N–H and O–H groups in total. The van der Waals surface area contributed by atoms with Crippen LogP contribution in [-0.4, -0.2) is 6.10 Å². The van der Waals surface area contributed by atoms with E-state index in [9.17, 15) is 0 Å². The molecule has 0 bridgehead atoms. The molecule has 0 radical (unpaired) electrons. The second-order valence-electron chi connectivity index (χ2n) is 4.77. The standard InChI is InChI=1S/C14H20ClNO/c15-13-10-11(16)8-9-14(13)17-12-6-4-2-1-3-5-7-12/h8-10,12H,1-7,16H2. The Kier molecular flexibility index (Phi) is 4.55. The minimum absolute atomic E-state index is 0.316. The van der Waals surface area contributed by atoms with Crippen molar-refractivity contribution in [3.05, 3.63) is 23.2 Å². The van der Waals surface area contributed by atoms with E-state index >= 15 is 0 Å². The van der Waals surface area contributed by atoms with E-state index in [1.807, 2.05) is 12.1 Å². The van der Waals surface area contributed by atoms with Gasteiger partial charge in [-0.3, -0.25) is 0 Å². The highest BCUT2D eigenvalue weighted by Gasteiger charge is 2.14. The zero-order chi connectivity index (χ0) is 12.1. The van der Waals surface area contributed by atoms with Crippen LogP contribution in [0.15, 0.2) is 18.2 Å². The molecule has 1 aromatic carbocycles. The SMILES string of the molecule is Nc1ccc(OC2CCCCCCC2)c(Cl)c1. The Morgan fingerprint density at radius 2 is 1.71 bits per heavy atom. The summed E-state index contributed by atoms with van der Waals surface area (Å²) in [7, 11) is 0. The lowest BCUT2D eigenvalue weighted by molar-refractivity contribution is 0.167. The molecule has 0 aliphatic heterocycles. The van der Waals surface area contributed by atoms with Crippen molar-refractivity contribution in [2.75, 3.05) is 5.73 Å². The van der Waals surface area contributed by atoms with E-state index in [1.54, 1.807) is 6.07 Å². The molecule has 3 heteroatoms. The van der Waals surface area contributed by atoms with Crippen LogP contribution >= 0.6 is 11.6 Å². The summed E-state index contributed by atoms with van der Waals surface area (Å²) in [6.07, 6.45) is 9.15. The van der Waals surface area contributed by atoms with Gasteiger partial charge in [-0.15, -0.1) is 0 Å². The molecule has 0 amide bonds. The third kappa shape index (κ3) is 3.81. The Balaban J connectivity index is 1.98. The van der Waals surface area contributed by atoms with Crippen molar-refractivity contribution in [1.29, 1.82) is 0 Å². The first-order valence-corrected chi connectivity index (χ1v) is 6.85. The van der Waals surface area contributed by atoms with Gasteiger partial charge in [-0.05, 0) is 43.9 Å². The molecule has 0 spiro atoms. The molecule has 1 saturated carbocycles. The van der Waals surface area contributed by atoms with Crippen molar-refractivity contribution in [2.45, 2.75) is 51.0 Å². The second-order valence-corrected chi connectivity index (χ2v) is 5.18. The van der Waals surface area contributed by atoms with Gasteiger partial charge < -0.3 is 10.5 Å². The Morgan fingerprint density at radius 1 is 1.06 bits per heavy atom. The van der Waals surface area contributed by atoms with Gasteiger partial charge in [0.1, 0.15) is 5.75 Å². The lowest BCUT2D eigenvalue weighted by Gasteiger charge is -2.22. The predicted molar refractivity (Wildman–Crippen MR) is 72.6 cm³/mol. The molecule has 94 valence electrons. The van der Waals surface area contributed by atoms with Crippen molar-refractivity contribution in [3.63, 3.8) is 0 Å². The molecule has 0 saturated heterocycles. The molecule has 0 aromatic heterocycles. The summed E-state index contributed by atoms with van der Waals surface area (Å²) in [5, 5.41) is 0.618. The minimum Gasteiger partial charge on any atom is -0.489 e. The molecule has 1 aliphatic rings. The van der Waals surface area contributed by atoms with Gasteiger partial charge in [0.2, 0.25) is 0 Å². The van der Waals surface area contributed by atoms with E-state index in [2.05, 4.69) is 0 Å². The van der Waals surface area contributed by atoms with Crippen LogP contribution in [0.1, 0.15) is 44.9 Å². The zero-order valence-electron chi connectivity index (χ0n) is 10.1. The Bertz CT molecular complexity index is 359. The Hall–Kier alpha value is -0.890. The molecule has 0 atom stereocenters. The molecule has 1 aliphatic carbocycles. The number of nitrogen functional groups attached to an aromatic ring is 1. The van der Waals surface area contributed by atoms with Gasteiger partial charge in [-0.25, -0.2) is 0 Å². The lowest BCUT2D eigenvalue weighted by atomic mass is 9.98. The monoisotopic (exact) mass is 253 g/mol. The van der Waals surface area contributed by atoms with Gasteiger partial charge in [0.05, 0.1) is 11.1 Å². The van der Waals surface area contributed by atoms with Crippen LogP contribution in [-0.2, 0) is 0 Å². The summed E-state index contributed by atoms with van der Waals surface area (Å²) in [6.45, 7) is 0. The largest absolute Gasteiger partial charge is 0.489 e. The first-order valence-electron chi connectivity index (χ1n) is 6.47. The smallest absolute Gasteiger partial charge is 0.138 e. The summed E-state index contributed by atoms with van der Waals surface area (Å²) < 4.78 is 5.99. The Morgan fingerprint density at radius 3 is 2.35 bits per heavy atom.